The SMILES string of the molecule is CCOc1cccc2sc(N(CCCn3ccnc3)C(=O)CC(c3ccccc3)c3ccccc3)nc12. The van der Waals surface area contributed by atoms with Gasteiger partial charge in [0, 0.05) is 37.8 Å². The zero-order valence-corrected chi connectivity index (χ0v) is 21.7. The van der Waals surface area contributed by atoms with E-state index in [1.54, 1.807) is 12.5 Å². The molecule has 0 bridgehead atoms. The molecule has 0 atom stereocenters. The van der Waals surface area contributed by atoms with Crippen LogP contribution in [0.15, 0.2) is 97.6 Å². The first-order valence-electron chi connectivity index (χ1n) is 12.6. The number of hydrogen-bond donors (Lipinski definition) is 0. The molecule has 0 aliphatic rings. The number of benzene rings is 3. The van der Waals surface area contributed by atoms with Crippen LogP contribution in [-0.4, -0.2) is 33.6 Å². The van der Waals surface area contributed by atoms with E-state index in [-0.39, 0.29) is 11.8 Å². The van der Waals surface area contributed by atoms with Gasteiger partial charge in [0.15, 0.2) is 5.13 Å². The molecule has 0 aliphatic carbocycles. The van der Waals surface area contributed by atoms with Crippen molar-refractivity contribution in [3.05, 3.63) is 109 Å². The van der Waals surface area contributed by atoms with Gasteiger partial charge in [0.05, 0.1) is 17.6 Å². The fourth-order valence-corrected chi connectivity index (χ4v) is 5.57. The highest BCUT2D eigenvalue weighted by Gasteiger charge is 2.25. The second-order valence-electron chi connectivity index (χ2n) is 8.81. The van der Waals surface area contributed by atoms with Gasteiger partial charge in [-0.3, -0.25) is 9.69 Å². The van der Waals surface area contributed by atoms with Crippen LogP contribution in [0.5, 0.6) is 5.75 Å². The molecule has 3 aromatic carbocycles. The molecule has 188 valence electrons. The lowest BCUT2D eigenvalue weighted by atomic mass is 9.88. The normalized spacial score (nSPS) is 11.2. The third-order valence-electron chi connectivity index (χ3n) is 6.34. The Morgan fingerprint density at radius 3 is 2.38 bits per heavy atom. The highest BCUT2D eigenvalue weighted by molar-refractivity contribution is 7.22. The van der Waals surface area contributed by atoms with E-state index in [9.17, 15) is 4.79 Å². The van der Waals surface area contributed by atoms with Crippen LogP contribution in [0.4, 0.5) is 5.13 Å². The van der Waals surface area contributed by atoms with Crippen molar-refractivity contribution in [1.29, 1.82) is 0 Å². The number of aromatic nitrogens is 3. The molecule has 0 aliphatic heterocycles. The molecule has 0 N–H and O–H groups in total. The third kappa shape index (κ3) is 5.89. The minimum atomic E-state index is -0.0422. The second-order valence-corrected chi connectivity index (χ2v) is 9.82. The van der Waals surface area contributed by atoms with E-state index < -0.39 is 0 Å². The summed E-state index contributed by atoms with van der Waals surface area (Å²) in [4.78, 5) is 24.9. The molecule has 1 amide bonds. The number of anilines is 1. The Hall–Kier alpha value is -3.97. The van der Waals surface area contributed by atoms with Crippen LogP contribution >= 0.6 is 11.3 Å². The molecule has 37 heavy (non-hydrogen) atoms. The number of carbonyl (C=O) groups is 1. The molecule has 2 heterocycles. The van der Waals surface area contributed by atoms with Crippen LogP contribution in [0.25, 0.3) is 10.2 Å². The van der Waals surface area contributed by atoms with Crippen molar-refractivity contribution in [3.8, 4) is 5.75 Å². The topological polar surface area (TPSA) is 60.2 Å². The first-order valence-corrected chi connectivity index (χ1v) is 13.4. The van der Waals surface area contributed by atoms with E-state index in [0.29, 0.717) is 24.7 Å². The summed E-state index contributed by atoms with van der Waals surface area (Å²) in [7, 11) is 0. The predicted molar refractivity (Wildman–Crippen MR) is 149 cm³/mol. The molecule has 0 fully saturated rings. The molecule has 7 heteroatoms. The number of rotatable bonds is 11. The number of nitrogens with zero attached hydrogens (tertiary/aromatic N) is 4. The van der Waals surface area contributed by atoms with Crippen molar-refractivity contribution in [3.63, 3.8) is 0 Å². The Balaban J connectivity index is 1.46. The summed E-state index contributed by atoms with van der Waals surface area (Å²) in [5.41, 5.74) is 3.06. The summed E-state index contributed by atoms with van der Waals surface area (Å²) < 4.78 is 8.86. The van der Waals surface area contributed by atoms with Gasteiger partial charge in [-0.05, 0) is 36.6 Å². The van der Waals surface area contributed by atoms with E-state index in [4.69, 9.17) is 9.72 Å². The summed E-state index contributed by atoms with van der Waals surface area (Å²) >= 11 is 1.54. The lowest BCUT2D eigenvalue weighted by molar-refractivity contribution is -0.118. The Kier molecular flexibility index (Phi) is 7.91. The third-order valence-corrected chi connectivity index (χ3v) is 7.39. The predicted octanol–water partition coefficient (Wildman–Crippen LogP) is 6.54. The number of hydrogen-bond acceptors (Lipinski definition) is 5. The number of aryl methyl sites for hydroxylation is 1. The van der Waals surface area contributed by atoms with Crippen molar-refractivity contribution in [2.45, 2.75) is 32.2 Å². The van der Waals surface area contributed by atoms with Crippen molar-refractivity contribution >= 4 is 32.6 Å². The maximum Gasteiger partial charge on any atom is 0.229 e. The standard InChI is InChI=1S/C30H30N4O2S/c1-2-36-26-15-9-16-27-29(26)32-30(37-27)34(19-10-18-33-20-17-31-22-33)28(35)21-25(23-11-5-3-6-12-23)24-13-7-4-8-14-24/h3-9,11-17,20,22,25H,2,10,18-19,21H2,1H3. The maximum atomic E-state index is 14.0. The summed E-state index contributed by atoms with van der Waals surface area (Å²) in [6.45, 7) is 3.87. The minimum absolute atomic E-state index is 0.0422. The fourth-order valence-electron chi connectivity index (χ4n) is 4.54. The Bertz CT molecular complexity index is 1380. The van der Waals surface area contributed by atoms with Gasteiger partial charge < -0.3 is 9.30 Å². The number of thiazole rings is 1. The molecule has 0 spiro atoms. The van der Waals surface area contributed by atoms with E-state index in [0.717, 1.165) is 40.1 Å². The van der Waals surface area contributed by atoms with Gasteiger partial charge in [0.2, 0.25) is 5.91 Å². The van der Waals surface area contributed by atoms with Crippen molar-refractivity contribution in [1.82, 2.24) is 14.5 Å². The first-order chi connectivity index (χ1) is 18.2. The van der Waals surface area contributed by atoms with E-state index in [1.165, 1.54) is 11.3 Å². The fraction of sp³-hybridized carbons (Fsp3) is 0.233. The molecule has 0 radical (unpaired) electrons. The van der Waals surface area contributed by atoms with Crippen molar-refractivity contribution < 1.29 is 9.53 Å². The molecule has 0 saturated carbocycles. The van der Waals surface area contributed by atoms with Gasteiger partial charge in [0.1, 0.15) is 11.3 Å². The van der Waals surface area contributed by atoms with Crippen LogP contribution in [0, 0.1) is 0 Å². The summed E-state index contributed by atoms with van der Waals surface area (Å²) in [5.74, 6) is 0.763. The lowest BCUT2D eigenvalue weighted by Crippen LogP contribution is -2.33. The van der Waals surface area contributed by atoms with Gasteiger partial charge in [-0.1, -0.05) is 78.1 Å². The van der Waals surface area contributed by atoms with Crippen LogP contribution in [0.2, 0.25) is 0 Å². The molecule has 0 unspecified atom stereocenters. The number of imidazole rings is 1. The van der Waals surface area contributed by atoms with E-state index >= 15 is 0 Å². The molecular weight excluding hydrogens is 480 g/mol. The summed E-state index contributed by atoms with van der Waals surface area (Å²) in [5, 5.41) is 0.706. The number of fused-ring (bicyclic) bond motifs is 1. The van der Waals surface area contributed by atoms with Crippen LogP contribution in [0.1, 0.15) is 36.8 Å². The maximum absolute atomic E-state index is 14.0. The van der Waals surface area contributed by atoms with E-state index in [2.05, 4.69) is 29.2 Å². The molecule has 2 aromatic heterocycles. The quantitative estimate of drug-likeness (QED) is 0.203. The zero-order valence-electron chi connectivity index (χ0n) is 20.9. The van der Waals surface area contributed by atoms with Crippen molar-refractivity contribution in [2.24, 2.45) is 0 Å². The number of para-hydroxylation sites is 1. The number of amides is 1. The molecule has 5 aromatic rings. The lowest BCUT2D eigenvalue weighted by Gasteiger charge is -2.24. The van der Waals surface area contributed by atoms with Crippen LogP contribution in [-0.2, 0) is 11.3 Å². The summed E-state index contributed by atoms with van der Waals surface area (Å²) in [6, 6.07) is 26.5. The first kappa shape index (κ1) is 24.7. The zero-order chi connectivity index (χ0) is 25.5. The van der Waals surface area contributed by atoms with Gasteiger partial charge in [-0.2, -0.15) is 0 Å². The average molecular weight is 511 g/mol. The van der Waals surface area contributed by atoms with Crippen molar-refractivity contribution in [2.75, 3.05) is 18.1 Å². The van der Waals surface area contributed by atoms with Crippen LogP contribution in [0.3, 0.4) is 0 Å². The summed E-state index contributed by atoms with van der Waals surface area (Å²) in [6.07, 6.45) is 6.67. The molecule has 0 saturated heterocycles. The number of carbonyl (C=O) groups excluding carboxylic acids is 1. The Labute approximate surface area is 221 Å². The molecular formula is C30H30N4O2S. The molecule has 5 rings (SSSR count). The Morgan fingerprint density at radius 1 is 1.00 bits per heavy atom. The number of ether oxygens (including phenoxy) is 1. The highest BCUT2D eigenvalue weighted by atomic mass is 32.1. The van der Waals surface area contributed by atoms with Gasteiger partial charge >= 0.3 is 0 Å². The minimum Gasteiger partial charge on any atom is -0.492 e. The van der Waals surface area contributed by atoms with E-state index in [1.807, 2.05) is 77.2 Å². The smallest absolute Gasteiger partial charge is 0.229 e. The Morgan fingerprint density at radius 2 is 1.73 bits per heavy atom. The van der Waals surface area contributed by atoms with Crippen LogP contribution < -0.4 is 9.64 Å². The average Bonchev–Trinajstić information content (AvgIpc) is 3.61. The monoisotopic (exact) mass is 510 g/mol. The van der Waals surface area contributed by atoms with Gasteiger partial charge in [-0.25, -0.2) is 9.97 Å². The molecule has 6 nitrogen and oxygen atoms in total. The van der Waals surface area contributed by atoms with Gasteiger partial charge in [0.25, 0.3) is 0 Å². The largest absolute Gasteiger partial charge is 0.492 e. The highest BCUT2D eigenvalue weighted by Crippen LogP contribution is 2.36. The van der Waals surface area contributed by atoms with Gasteiger partial charge in [-0.15, -0.1) is 0 Å². The second kappa shape index (κ2) is 11.8.